The summed E-state index contributed by atoms with van der Waals surface area (Å²) in [6.45, 7) is 0.0463. The highest BCUT2D eigenvalue weighted by Crippen LogP contribution is 2.32. The minimum absolute atomic E-state index is 0.176. The van der Waals surface area contributed by atoms with Gasteiger partial charge >= 0.3 is 0 Å². The molecular formula is C11H13ClN2O5S. The van der Waals surface area contributed by atoms with Gasteiger partial charge in [0.25, 0.3) is 5.69 Å². The fourth-order valence-electron chi connectivity index (χ4n) is 2.25. The summed E-state index contributed by atoms with van der Waals surface area (Å²) in [5.41, 5.74) is -0.269. The Labute approximate surface area is 121 Å². The van der Waals surface area contributed by atoms with Gasteiger partial charge in [0.1, 0.15) is 4.90 Å². The summed E-state index contributed by atoms with van der Waals surface area (Å²) >= 11 is 5.85. The molecule has 1 saturated heterocycles. The molecule has 0 aromatic heterocycles. The molecular weight excluding hydrogens is 308 g/mol. The number of non-ortho nitro benzene ring substituents is 1. The molecule has 1 aliphatic heterocycles. The Kier molecular flexibility index (Phi) is 4.28. The molecule has 0 radical (unpaired) electrons. The Bertz CT molecular complexity index is 634. The molecule has 110 valence electrons. The van der Waals surface area contributed by atoms with E-state index in [1.807, 2.05) is 0 Å². The van der Waals surface area contributed by atoms with Crippen molar-refractivity contribution in [2.75, 3.05) is 13.2 Å². The SMILES string of the molecule is O=[N+]([O-])c1ccc(S(=O)(=O)N2CCCC2CO)c(Cl)c1. The number of sulfonamides is 1. The van der Waals surface area contributed by atoms with Gasteiger partial charge in [0.15, 0.2) is 0 Å². The molecule has 2 rings (SSSR count). The van der Waals surface area contributed by atoms with Gasteiger partial charge in [0.2, 0.25) is 10.0 Å². The van der Waals surface area contributed by atoms with Crippen LogP contribution in [0.25, 0.3) is 0 Å². The maximum atomic E-state index is 12.5. The predicted molar refractivity (Wildman–Crippen MR) is 72.1 cm³/mol. The van der Waals surface area contributed by atoms with E-state index in [0.717, 1.165) is 18.2 Å². The number of nitrogens with zero attached hydrogens (tertiary/aromatic N) is 2. The summed E-state index contributed by atoms with van der Waals surface area (Å²) in [5, 5.41) is 19.6. The van der Waals surface area contributed by atoms with Gasteiger partial charge < -0.3 is 5.11 Å². The first kappa shape index (κ1) is 15.2. The number of halogens is 1. The summed E-state index contributed by atoms with van der Waals surface area (Å²) in [6, 6.07) is 2.77. The number of benzene rings is 1. The van der Waals surface area contributed by atoms with Crippen molar-refractivity contribution >= 4 is 27.3 Å². The minimum atomic E-state index is -3.85. The second kappa shape index (κ2) is 5.65. The van der Waals surface area contributed by atoms with Crippen LogP contribution < -0.4 is 0 Å². The van der Waals surface area contributed by atoms with Gasteiger partial charge in [0.05, 0.1) is 16.6 Å². The van der Waals surface area contributed by atoms with Gasteiger partial charge in [-0.2, -0.15) is 4.31 Å². The summed E-state index contributed by atoms with van der Waals surface area (Å²) < 4.78 is 26.1. The van der Waals surface area contributed by atoms with Crippen molar-refractivity contribution in [2.45, 2.75) is 23.8 Å². The van der Waals surface area contributed by atoms with E-state index in [9.17, 15) is 23.6 Å². The maximum absolute atomic E-state index is 12.5. The zero-order chi connectivity index (χ0) is 14.9. The average molecular weight is 321 g/mol. The van der Waals surface area contributed by atoms with E-state index in [-0.39, 0.29) is 22.2 Å². The Morgan fingerprint density at radius 2 is 2.20 bits per heavy atom. The van der Waals surface area contributed by atoms with Crippen LogP contribution in [0.5, 0.6) is 0 Å². The largest absolute Gasteiger partial charge is 0.395 e. The summed E-state index contributed by atoms with van der Waals surface area (Å²) in [7, 11) is -3.85. The Balaban J connectivity index is 2.42. The molecule has 9 heteroatoms. The zero-order valence-corrected chi connectivity index (χ0v) is 12.0. The van der Waals surface area contributed by atoms with E-state index in [2.05, 4.69) is 0 Å². The number of aliphatic hydroxyl groups is 1. The molecule has 0 saturated carbocycles. The van der Waals surface area contributed by atoms with Crippen LogP contribution >= 0.6 is 11.6 Å². The van der Waals surface area contributed by atoms with E-state index in [1.165, 1.54) is 4.31 Å². The van der Waals surface area contributed by atoms with Crippen LogP contribution in [0.4, 0.5) is 5.69 Å². The number of hydrogen-bond donors (Lipinski definition) is 1. The van der Waals surface area contributed by atoms with Gasteiger partial charge in [-0.1, -0.05) is 11.6 Å². The molecule has 1 fully saturated rings. The number of hydrogen-bond acceptors (Lipinski definition) is 5. The standard InChI is InChI=1S/C11H13ClN2O5S/c12-10-6-8(14(16)17)3-4-11(10)20(18,19)13-5-1-2-9(13)7-15/h3-4,6,9,15H,1-2,5,7H2. The zero-order valence-electron chi connectivity index (χ0n) is 10.4. The number of rotatable bonds is 4. The lowest BCUT2D eigenvalue weighted by molar-refractivity contribution is -0.384. The summed E-state index contributed by atoms with van der Waals surface area (Å²) in [6.07, 6.45) is 1.25. The molecule has 20 heavy (non-hydrogen) atoms. The van der Waals surface area contributed by atoms with Gasteiger partial charge in [-0.05, 0) is 18.9 Å². The minimum Gasteiger partial charge on any atom is -0.395 e. The van der Waals surface area contributed by atoms with Crippen molar-refractivity contribution in [3.05, 3.63) is 33.3 Å². The second-order valence-electron chi connectivity index (χ2n) is 4.47. The molecule has 1 unspecified atom stereocenters. The summed E-state index contributed by atoms with van der Waals surface area (Å²) in [5.74, 6) is 0. The number of aliphatic hydroxyl groups excluding tert-OH is 1. The first-order chi connectivity index (χ1) is 9.37. The average Bonchev–Trinajstić information content (AvgIpc) is 2.87. The predicted octanol–water partition coefficient (Wildman–Crippen LogP) is 1.39. The molecule has 0 bridgehead atoms. The number of nitro benzene ring substituents is 1. The Morgan fingerprint density at radius 1 is 1.50 bits per heavy atom. The molecule has 1 aromatic carbocycles. The van der Waals surface area contributed by atoms with Crippen molar-refractivity contribution in [2.24, 2.45) is 0 Å². The van der Waals surface area contributed by atoms with E-state index in [0.29, 0.717) is 19.4 Å². The third-order valence-electron chi connectivity index (χ3n) is 3.25. The third kappa shape index (κ3) is 2.64. The smallest absolute Gasteiger partial charge is 0.271 e. The molecule has 1 aliphatic rings. The van der Waals surface area contributed by atoms with Crippen LogP contribution in [0.1, 0.15) is 12.8 Å². The lowest BCUT2D eigenvalue weighted by Gasteiger charge is -2.22. The van der Waals surface area contributed by atoms with E-state index < -0.39 is 21.0 Å². The first-order valence-corrected chi connectivity index (χ1v) is 7.76. The topological polar surface area (TPSA) is 101 Å². The normalized spacial score (nSPS) is 20.2. The molecule has 0 aliphatic carbocycles. The summed E-state index contributed by atoms with van der Waals surface area (Å²) in [4.78, 5) is 9.80. The van der Waals surface area contributed by atoms with Crippen LogP contribution in [0.3, 0.4) is 0 Å². The highest BCUT2D eigenvalue weighted by molar-refractivity contribution is 7.89. The van der Waals surface area contributed by atoms with E-state index in [4.69, 9.17) is 11.6 Å². The molecule has 1 atom stereocenters. The highest BCUT2D eigenvalue weighted by atomic mass is 35.5. The fourth-order valence-corrected chi connectivity index (χ4v) is 4.45. The van der Waals surface area contributed by atoms with Gasteiger partial charge in [-0.25, -0.2) is 8.42 Å². The van der Waals surface area contributed by atoms with Gasteiger partial charge in [-0.15, -0.1) is 0 Å². The molecule has 0 spiro atoms. The van der Waals surface area contributed by atoms with E-state index in [1.54, 1.807) is 0 Å². The molecule has 1 aromatic rings. The van der Waals surface area contributed by atoms with Crippen molar-refractivity contribution in [3.8, 4) is 0 Å². The molecule has 1 N–H and O–H groups in total. The molecule has 0 amide bonds. The second-order valence-corrected chi connectivity index (χ2v) is 6.73. The van der Waals surface area contributed by atoms with Crippen LogP contribution in [0.2, 0.25) is 5.02 Å². The molecule has 1 heterocycles. The van der Waals surface area contributed by atoms with Crippen LogP contribution in [-0.2, 0) is 10.0 Å². The maximum Gasteiger partial charge on any atom is 0.271 e. The fraction of sp³-hybridized carbons (Fsp3) is 0.455. The van der Waals surface area contributed by atoms with Crippen molar-refractivity contribution in [1.82, 2.24) is 4.31 Å². The quantitative estimate of drug-likeness (QED) is 0.667. The van der Waals surface area contributed by atoms with Gasteiger partial charge in [0, 0.05) is 24.7 Å². The van der Waals surface area contributed by atoms with Crippen LogP contribution in [0, 0.1) is 10.1 Å². The lowest BCUT2D eigenvalue weighted by atomic mass is 10.2. The van der Waals surface area contributed by atoms with Gasteiger partial charge in [-0.3, -0.25) is 10.1 Å². The molecule has 7 nitrogen and oxygen atoms in total. The van der Waals surface area contributed by atoms with Crippen molar-refractivity contribution in [1.29, 1.82) is 0 Å². The third-order valence-corrected chi connectivity index (χ3v) is 5.68. The number of nitro groups is 1. The highest BCUT2D eigenvalue weighted by Gasteiger charge is 2.36. The first-order valence-electron chi connectivity index (χ1n) is 5.94. The van der Waals surface area contributed by atoms with E-state index >= 15 is 0 Å². The lowest BCUT2D eigenvalue weighted by Crippen LogP contribution is -2.37. The van der Waals surface area contributed by atoms with Crippen LogP contribution in [0.15, 0.2) is 23.1 Å². The van der Waals surface area contributed by atoms with Crippen molar-refractivity contribution in [3.63, 3.8) is 0 Å². The Morgan fingerprint density at radius 3 is 2.75 bits per heavy atom. The monoisotopic (exact) mass is 320 g/mol. The Hall–Kier alpha value is -1.22. The van der Waals surface area contributed by atoms with Crippen LogP contribution in [-0.4, -0.2) is 41.9 Å². The van der Waals surface area contributed by atoms with Crippen molar-refractivity contribution < 1.29 is 18.4 Å².